The van der Waals surface area contributed by atoms with Crippen LogP contribution in [0.15, 0.2) is 0 Å². The van der Waals surface area contributed by atoms with Gasteiger partial charge in [-0.1, -0.05) is 27.7 Å². The van der Waals surface area contributed by atoms with E-state index in [0.29, 0.717) is 6.42 Å². The predicted octanol–water partition coefficient (Wildman–Crippen LogP) is 2.11. The second-order valence-electron chi connectivity index (χ2n) is 3.77. The lowest BCUT2D eigenvalue weighted by atomic mass is 9.76. The Kier molecular flexibility index (Phi) is 2.84. The summed E-state index contributed by atoms with van der Waals surface area (Å²) in [6.45, 7) is 7.58. The van der Waals surface area contributed by atoms with Crippen molar-refractivity contribution in [2.45, 2.75) is 39.8 Å². The van der Waals surface area contributed by atoms with Crippen LogP contribution in [0.25, 0.3) is 0 Å². The molecule has 0 amide bonds. The van der Waals surface area contributed by atoms with E-state index in [-0.39, 0.29) is 12.0 Å². The zero-order valence-corrected chi connectivity index (χ0v) is 7.37. The average molecular weight is 147 g/mol. The minimum Gasteiger partial charge on any atom is -0.328 e. The lowest BCUT2D eigenvalue weighted by molar-refractivity contribution is 0.0341. The van der Waals surface area contributed by atoms with Gasteiger partial charge in [0.05, 0.1) is 0 Å². The van der Waals surface area contributed by atoms with Crippen molar-refractivity contribution in [1.29, 1.82) is 0 Å². The molecule has 0 saturated heterocycles. The van der Waals surface area contributed by atoms with Crippen LogP contribution in [0.1, 0.15) is 34.1 Å². The van der Waals surface area contributed by atoms with Gasteiger partial charge in [-0.3, -0.25) is 0 Å². The molecule has 0 saturated carbocycles. The molecule has 2 heteroatoms. The second-order valence-corrected chi connectivity index (χ2v) is 3.77. The minimum absolute atomic E-state index is 0.118. The second kappa shape index (κ2) is 2.87. The van der Waals surface area contributed by atoms with Crippen LogP contribution >= 0.6 is 0 Å². The van der Waals surface area contributed by atoms with Crippen LogP contribution in [0.3, 0.4) is 0 Å². The number of halogens is 1. The monoisotopic (exact) mass is 147 g/mol. The van der Waals surface area contributed by atoms with Crippen molar-refractivity contribution in [3.8, 4) is 0 Å². The van der Waals surface area contributed by atoms with E-state index in [4.69, 9.17) is 5.73 Å². The molecule has 62 valence electrons. The maximum Gasteiger partial charge on any atom is 0.127 e. The highest BCUT2D eigenvalue weighted by Gasteiger charge is 2.39. The number of rotatable bonds is 2. The highest BCUT2D eigenvalue weighted by Crippen LogP contribution is 2.35. The van der Waals surface area contributed by atoms with E-state index in [2.05, 4.69) is 0 Å². The van der Waals surface area contributed by atoms with Crippen LogP contribution in [0.5, 0.6) is 0 Å². The summed E-state index contributed by atoms with van der Waals surface area (Å²) in [7, 11) is 0. The highest BCUT2D eigenvalue weighted by molar-refractivity contribution is 4.90. The Hall–Kier alpha value is -0.110. The van der Waals surface area contributed by atoms with Crippen LogP contribution in [0.2, 0.25) is 0 Å². The van der Waals surface area contributed by atoms with Crippen LogP contribution in [-0.4, -0.2) is 12.2 Å². The van der Waals surface area contributed by atoms with E-state index in [1.165, 1.54) is 0 Å². The van der Waals surface area contributed by atoms with Gasteiger partial charge in [0.25, 0.3) is 0 Å². The first-order valence-electron chi connectivity index (χ1n) is 3.76. The predicted molar refractivity (Wildman–Crippen MR) is 42.6 cm³/mol. The largest absolute Gasteiger partial charge is 0.328 e. The van der Waals surface area contributed by atoms with Crippen molar-refractivity contribution in [2.24, 2.45) is 11.1 Å². The summed E-state index contributed by atoms with van der Waals surface area (Å²) in [5.74, 6) is 0. The Balaban J connectivity index is 4.33. The summed E-state index contributed by atoms with van der Waals surface area (Å²) >= 11 is 0. The zero-order chi connectivity index (χ0) is 8.41. The van der Waals surface area contributed by atoms with Crippen molar-refractivity contribution < 1.29 is 4.39 Å². The Bertz CT molecular complexity index is 100. The van der Waals surface area contributed by atoms with Gasteiger partial charge in [0.15, 0.2) is 0 Å². The molecule has 1 nitrogen and oxygen atoms in total. The standard InChI is InChI=1S/C8H18FN/c1-5-8(9,6-10)7(2,3)4/h5-6,10H2,1-4H3. The summed E-state index contributed by atoms with van der Waals surface area (Å²) < 4.78 is 13.6. The molecule has 0 heterocycles. The molecule has 0 aromatic heterocycles. The van der Waals surface area contributed by atoms with Gasteiger partial charge < -0.3 is 5.73 Å². The number of alkyl halides is 1. The molecule has 2 N–H and O–H groups in total. The summed E-state index contributed by atoms with van der Waals surface area (Å²) in [5.41, 5.74) is 3.79. The van der Waals surface area contributed by atoms with Gasteiger partial charge in [0.1, 0.15) is 5.67 Å². The molecule has 0 aromatic rings. The first kappa shape index (κ1) is 9.89. The van der Waals surface area contributed by atoms with Crippen molar-refractivity contribution >= 4 is 0 Å². The van der Waals surface area contributed by atoms with Crippen molar-refractivity contribution in [3.05, 3.63) is 0 Å². The topological polar surface area (TPSA) is 26.0 Å². The van der Waals surface area contributed by atoms with Crippen LogP contribution in [0.4, 0.5) is 4.39 Å². The molecule has 1 unspecified atom stereocenters. The van der Waals surface area contributed by atoms with Gasteiger partial charge >= 0.3 is 0 Å². The van der Waals surface area contributed by atoms with E-state index in [1.54, 1.807) is 0 Å². The molecule has 0 radical (unpaired) electrons. The summed E-state index contributed by atoms with van der Waals surface area (Å²) in [5, 5.41) is 0. The number of hydrogen-bond donors (Lipinski definition) is 1. The van der Waals surface area contributed by atoms with Crippen molar-refractivity contribution in [1.82, 2.24) is 0 Å². The molecule has 0 bridgehead atoms. The molecule has 10 heavy (non-hydrogen) atoms. The molecule has 0 aliphatic rings. The van der Waals surface area contributed by atoms with E-state index in [1.807, 2.05) is 27.7 Å². The molecule has 0 rings (SSSR count). The Morgan fingerprint density at radius 3 is 1.70 bits per heavy atom. The van der Waals surface area contributed by atoms with Crippen LogP contribution in [-0.2, 0) is 0 Å². The molecule has 0 aliphatic heterocycles. The smallest absolute Gasteiger partial charge is 0.127 e. The van der Waals surface area contributed by atoms with E-state index in [0.717, 1.165) is 0 Å². The van der Waals surface area contributed by atoms with Gasteiger partial charge in [-0.2, -0.15) is 0 Å². The Morgan fingerprint density at radius 1 is 1.30 bits per heavy atom. The lowest BCUT2D eigenvalue weighted by Gasteiger charge is -2.35. The summed E-state index contributed by atoms with van der Waals surface area (Å²) in [6, 6.07) is 0. The lowest BCUT2D eigenvalue weighted by Crippen LogP contribution is -2.44. The number of nitrogens with two attached hydrogens (primary N) is 1. The molecule has 0 aromatic carbocycles. The first-order valence-corrected chi connectivity index (χ1v) is 3.76. The Morgan fingerprint density at radius 2 is 1.70 bits per heavy atom. The molecule has 0 spiro atoms. The first-order chi connectivity index (χ1) is 4.37. The SMILES string of the molecule is CCC(F)(CN)C(C)(C)C. The highest BCUT2D eigenvalue weighted by atomic mass is 19.1. The van der Waals surface area contributed by atoms with Gasteiger partial charge in [-0.05, 0) is 11.8 Å². The third kappa shape index (κ3) is 1.69. The van der Waals surface area contributed by atoms with Gasteiger partial charge in [-0.25, -0.2) is 4.39 Å². The fourth-order valence-electron chi connectivity index (χ4n) is 0.981. The minimum atomic E-state index is -1.20. The third-order valence-corrected chi connectivity index (χ3v) is 2.23. The van der Waals surface area contributed by atoms with Gasteiger partial charge in [-0.15, -0.1) is 0 Å². The molecular weight excluding hydrogens is 129 g/mol. The van der Waals surface area contributed by atoms with Gasteiger partial charge in [0.2, 0.25) is 0 Å². The van der Waals surface area contributed by atoms with E-state index >= 15 is 0 Å². The fraction of sp³-hybridized carbons (Fsp3) is 1.00. The van der Waals surface area contributed by atoms with E-state index < -0.39 is 5.67 Å². The number of hydrogen-bond acceptors (Lipinski definition) is 1. The average Bonchev–Trinajstić information content (AvgIpc) is 1.84. The van der Waals surface area contributed by atoms with Crippen LogP contribution < -0.4 is 5.73 Å². The quantitative estimate of drug-likeness (QED) is 0.636. The molecule has 0 fully saturated rings. The van der Waals surface area contributed by atoms with E-state index in [9.17, 15) is 4.39 Å². The maximum atomic E-state index is 13.6. The van der Waals surface area contributed by atoms with Crippen molar-refractivity contribution in [3.63, 3.8) is 0 Å². The third-order valence-electron chi connectivity index (χ3n) is 2.23. The summed E-state index contributed by atoms with van der Waals surface area (Å²) in [6.07, 6.45) is 0.493. The Labute approximate surface area is 62.8 Å². The molecule has 1 atom stereocenters. The van der Waals surface area contributed by atoms with Crippen LogP contribution in [0, 0.1) is 5.41 Å². The van der Waals surface area contributed by atoms with Crippen molar-refractivity contribution in [2.75, 3.05) is 6.54 Å². The fourth-order valence-corrected chi connectivity index (χ4v) is 0.981. The normalized spacial score (nSPS) is 18.6. The molecule has 0 aliphatic carbocycles. The zero-order valence-electron chi connectivity index (χ0n) is 7.37. The maximum absolute atomic E-state index is 13.6. The summed E-state index contributed by atoms with van der Waals surface area (Å²) in [4.78, 5) is 0. The molecular formula is C8H18FN. The van der Waals surface area contributed by atoms with Gasteiger partial charge in [0, 0.05) is 6.54 Å².